The van der Waals surface area contributed by atoms with Gasteiger partial charge in [-0.15, -0.1) is 0 Å². The summed E-state index contributed by atoms with van der Waals surface area (Å²) in [4.78, 5) is 23.7. The molecule has 2 aromatic carbocycles. The quantitative estimate of drug-likeness (QED) is 0.895. The van der Waals surface area contributed by atoms with Crippen LogP contribution in [0.25, 0.3) is 0 Å². The van der Waals surface area contributed by atoms with Crippen molar-refractivity contribution in [1.82, 2.24) is 5.32 Å². The van der Waals surface area contributed by atoms with Crippen molar-refractivity contribution in [3.63, 3.8) is 0 Å². The second kappa shape index (κ2) is 6.52. The van der Waals surface area contributed by atoms with Gasteiger partial charge in [0.05, 0.1) is 0 Å². The summed E-state index contributed by atoms with van der Waals surface area (Å²) >= 11 is 0. The highest BCUT2D eigenvalue weighted by Crippen LogP contribution is 2.12. The van der Waals surface area contributed by atoms with Crippen LogP contribution in [0.4, 0.5) is 5.69 Å². The maximum Gasteiger partial charge on any atom is 0.255 e. The molecule has 0 fully saturated rings. The van der Waals surface area contributed by atoms with Crippen LogP contribution in [-0.4, -0.2) is 18.4 Å². The number of hydrogen-bond acceptors (Lipinski definition) is 2. The van der Waals surface area contributed by atoms with Crippen LogP contribution in [0, 0.1) is 0 Å². The molecular weight excluding hydrogens is 252 g/mol. The Morgan fingerprint density at radius 1 is 0.900 bits per heavy atom. The first-order valence-electron chi connectivity index (χ1n) is 6.45. The Balaban J connectivity index is 2.12. The van der Waals surface area contributed by atoms with Crippen molar-refractivity contribution in [1.29, 1.82) is 0 Å². The van der Waals surface area contributed by atoms with Crippen LogP contribution < -0.4 is 10.6 Å². The number of carbonyl (C=O) groups excluding carboxylic acids is 2. The van der Waals surface area contributed by atoms with E-state index in [1.54, 1.807) is 48.5 Å². The van der Waals surface area contributed by atoms with Gasteiger partial charge in [-0.2, -0.15) is 0 Å². The minimum absolute atomic E-state index is 0.150. The Kier molecular flexibility index (Phi) is 4.50. The first-order chi connectivity index (χ1) is 9.70. The van der Waals surface area contributed by atoms with Gasteiger partial charge >= 0.3 is 0 Å². The normalized spacial score (nSPS) is 9.85. The van der Waals surface area contributed by atoms with Crippen molar-refractivity contribution in [2.24, 2.45) is 0 Å². The van der Waals surface area contributed by atoms with E-state index in [4.69, 9.17) is 0 Å². The smallest absolute Gasteiger partial charge is 0.255 e. The minimum atomic E-state index is -0.196. The van der Waals surface area contributed by atoms with Crippen molar-refractivity contribution in [2.45, 2.75) is 6.92 Å². The van der Waals surface area contributed by atoms with E-state index in [2.05, 4.69) is 10.6 Å². The molecular formula is C16H16N2O2. The number of carbonyl (C=O) groups is 2. The van der Waals surface area contributed by atoms with E-state index >= 15 is 0 Å². The molecule has 20 heavy (non-hydrogen) atoms. The maximum atomic E-state index is 12.0. The van der Waals surface area contributed by atoms with Crippen LogP contribution in [0.3, 0.4) is 0 Å². The lowest BCUT2D eigenvalue weighted by Crippen LogP contribution is -2.22. The lowest BCUT2D eigenvalue weighted by atomic mass is 10.1. The van der Waals surface area contributed by atoms with E-state index in [0.29, 0.717) is 23.4 Å². The zero-order valence-corrected chi connectivity index (χ0v) is 11.2. The van der Waals surface area contributed by atoms with E-state index < -0.39 is 0 Å². The number of nitrogens with one attached hydrogen (secondary N) is 2. The summed E-state index contributed by atoms with van der Waals surface area (Å²) in [5.74, 6) is -0.345. The summed E-state index contributed by atoms with van der Waals surface area (Å²) in [7, 11) is 0. The first-order valence-corrected chi connectivity index (χ1v) is 6.45. The molecule has 2 N–H and O–H groups in total. The van der Waals surface area contributed by atoms with Crippen molar-refractivity contribution >= 4 is 17.5 Å². The highest BCUT2D eigenvalue weighted by Gasteiger charge is 2.08. The predicted octanol–water partition coefficient (Wildman–Crippen LogP) is 2.69. The molecule has 2 rings (SSSR count). The second-order valence-electron chi connectivity index (χ2n) is 4.26. The largest absolute Gasteiger partial charge is 0.352 e. The fourth-order valence-corrected chi connectivity index (χ4v) is 1.79. The molecule has 0 saturated heterocycles. The highest BCUT2D eigenvalue weighted by molar-refractivity contribution is 6.05. The summed E-state index contributed by atoms with van der Waals surface area (Å²) in [6.45, 7) is 2.43. The summed E-state index contributed by atoms with van der Waals surface area (Å²) in [5, 5.41) is 5.50. The molecule has 102 valence electrons. The molecule has 0 unspecified atom stereocenters. The van der Waals surface area contributed by atoms with Gasteiger partial charge < -0.3 is 10.6 Å². The average molecular weight is 268 g/mol. The van der Waals surface area contributed by atoms with E-state index in [-0.39, 0.29) is 11.8 Å². The summed E-state index contributed by atoms with van der Waals surface area (Å²) in [5.41, 5.74) is 1.70. The van der Waals surface area contributed by atoms with E-state index in [9.17, 15) is 9.59 Å². The van der Waals surface area contributed by atoms with Crippen LogP contribution in [0.5, 0.6) is 0 Å². The molecule has 4 heteroatoms. The Morgan fingerprint density at radius 2 is 1.60 bits per heavy atom. The lowest BCUT2D eigenvalue weighted by molar-refractivity contribution is 0.0954. The number of rotatable bonds is 4. The van der Waals surface area contributed by atoms with Gasteiger partial charge in [-0.3, -0.25) is 9.59 Å². The zero-order chi connectivity index (χ0) is 14.4. The van der Waals surface area contributed by atoms with Crippen LogP contribution in [0.1, 0.15) is 27.6 Å². The van der Waals surface area contributed by atoms with Crippen LogP contribution >= 0.6 is 0 Å². The molecule has 2 amide bonds. The number of hydrogen-bond donors (Lipinski definition) is 2. The molecule has 0 atom stereocenters. The third kappa shape index (κ3) is 3.45. The zero-order valence-electron chi connectivity index (χ0n) is 11.2. The van der Waals surface area contributed by atoms with Crippen molar-refractivity contribution in [3.05, 3.63) is 65.7 Å². The van der Waals surface area contributed by atoms with Gasteiger partial charge in [0.1, 0.15) is 0 Å². The highest BCUT2D eigenvalue weighted by atomic mass is 16.2. The van der Waals surface area contributed by atoms with Gasteiger partial charge in [0, 0.05) is 23.4 Å². The molecule has 0 heterocycles. The van der Waals surface area contributed by atoms with Crippen LogP contribution in [-0.2, 0) is 0 Å². The third-order valence-corrected chi connectivity index (χ3v) is 2.76. The maximum absolute atomic E-state index is 12.0. The standard InChI is InChI=1S/C16H16N2O2/c1-2-17-15(19)13-9-6-10-14(11-13)18-16(20)12-7-4-3-5-8-12/h3-11H,2H2,1H3,(H,17,19)(H,18,20). The van der Waals surface area contributed by atoms with E-state index in [1.807, 2.05) is 13.0 Å². The van der Waals surface area contributed by atoms with Gasteiger partial charge in [0.15, 0.2) is 0 Å². The van der Waals surface area contributed by atoms with Crippen LogP contribution in [0.2, 0.25) is 0 Å². The number of benzene rings is 2. The predicted molar refractivity (Wildman–Crippen MR) is 78.8 cm³/mol. The SMILES string of the molecule is CCNC(=O)c1cccc(NC(=O)c2ccccc2)c1. The number of anilines is 1. The fourth-order valence-electron chi connectivity index (χ4n) is 1.79. The molecule has 0 aliphatic rings. The van der Waals surface area contributed by atoms with Crippen LogP contribution in [0.15, 0.2) is 54.6 Å². The fraction of sp³-hybridized carbons (Fsp3) is 0.125. The van der Waals surface area contributed by atoms with Crippen molar-refractivity contribution in [2.75, 3.05) is 11.9 Å². The van der Waals surface area contributed by atoms with Crippen molar-refractivity contribution < 1.29 is 9.59 Å². The van der Waals surface area contributed by atoms with E-state index in [1.165, 1.54) is 0 Å². The summed E-state index contributed by atoms with van der Waals surface area (Å²) in [6, 6.07) is 15.8. The Hall–Kier alpha value is -2.62. The molecule has 2 aromatic rings. The topological polar surface area (TPSA) is 58.2 Å². The molecule has 0 aliphatic carbocycles. The number of amides is 2. The van der Waals surface area contributed by atoms with Gasteiger partial charge in [-0.05, 0) is 37.3 Å². The van der Waals surface area contributed by atoms with Gasteiger partial charge in [-0.1, -0.05) is 24.3 Å². The van der Waals surface area contributed by atoms with Gasteiger partial charge in [-0.25, -0.2) is 0 Å². The van der Waals surface area contributed by atoms with Gasteiger partial charge in [0.25, 0.3) is 11.8 Å². The Bertz CT molecular complexity index is 609. The monoisotopic (exact) mass is 268 g/mol. The molecule has 0 aliphatic heterocycles. The molecule has 4 nitrogen and oxygen atoms in total. The third-order valence-electron chi connectivity index (χ3n) is 2.76. The molecule has 0 bridgehead atoms. The lowest BCUT2D eigenvalue weighted by Gasteiger charge is -2.07. The molecule has 0 radical (unpaired) electrons. The second-order valence-corrected chi connectivity index (χ2v) is 4.26. The Labute approximate surface area is 117 Å². The molecule has 0 spiro atoms. The average Bonchev–Trinajstić information content (AvgIpc) is 2.48. The first kappa shape index (κ1) is 13.8. The molecule has 0 saturated carbocycles. The van der Waals surface area contributed by atoms with E-state index in [0.717, 1.165) is 0 Å². The Morgan fingerprint density at radius 3 is 2.30 bits per heavy atom. The molecule has 0 aromatic heterocycles. The van der Waals surface area contributed by atoms with Crippen molar-refractivity contribution in [3.8, 4) is 0 Å². The summed E-state index contributed by atoms with van der Waals surface area (Å²) < 4.78 is 0. The minimum Gasteiger partial charge on any atom is -0.352 e. The summed E-state index contributed by atoms with van der Waals surface area (Å²) in [6.07, 6.45) is 0. The van der Waals surface area contributed by atoms with Gasteiger partial charge in [0.2, 0.25) is 0 Å².